The first-order valence-corrected chi connectivity index (χ1v) is 2.32. The van der Waals surface area contributed by atoms with E-state index in [1.807, 2.05) is 0 Å². The Bertz CT molecular complexity index is 132. The molecule has 0 aromatic rings. The van der Waals surface area contributed by atoms with E-state index < -0.39 is 16.7 Å². The number of ketones is 1. The third-order valence-electron chi connectivity index (χ3n) is 0.681. The summed E-state index contributed by atoms with van der Waals surface area (Å²) < 4.78 is 0. The van der Waals surface area contributed by atoms with Crippen LogP contribution in [-0.2, 0) is 4.79 Å². The lowest BCUT2D eigenvalue weighted by atomic mass is 10.2. The lowest BCUT2D eigenvalue weighted by Gasteiger charge is -1.94. The predicted octanol–water partition coefficient (Wildman–Crippen LogP) is -0.659. The molecule has 0 aromatic carbocycles. The lowest BCUT2D eigenvalue weighted by molar-refractivity contribution is -0.428. The Hall–Kier alpha value is -0.970. The minimum Gasteiger partial charge on any atom is -0.321 e. The fourth-order valence-corrected chi connectivity index (χ4v) is 0.221. The van der Waals surface area contributed by atoms with Gasteiger partial charge in [0.2, 0.25) is 5.78 Å². The molecule has 0 spiro atoms. The molecule has 9 heavy (non-hydrogen) atoms. The molecule has 0 unspecified atom stereocenters. The second-order valence-electron chi connectivity index (χ2n) is 1.61. The summed E-state index contributed by atoms with van der Waals surface area (Å²) in [7, 11) is 0. The van der Waals surface area contributed by atoms with Crippen molar-refractivity contribution in [3.8, 4) is 0 Å². The molecule has 0 aliphatic heterocycles. The van der Waals surface area contributed by atoms with Gasteiger partial charge in [0.05, 0.1) is 6.04 Å². The normalized spacial score (nSPS) is 12.7. The van der Waals surface area contributed by atoms with Gasteiger partial charge in [-0.25, -0.2) is 0 Å². The number of nitro groups is 1. The molecule has 51 valence electrons. The summed E-state index contributed by atoms with van der Waals surface area (Å²) in [4.78, 5) is 19.1. The molecule has 2 N–H and O–H groups in total. The molecule has 1 atom stereocenters. The van der Waals surface area contributed by atoms with Gasteiger partial charge >= 0.3 is 6.54 Å². The predicted molar refractivity (Wildman–Crippen MR) is 30.0 cm³/mol. The fourth-order valence-electron chi connectivity index (χ4n) is 0.221. The van der Waals surface area contributed by atoms with Crippen molar-refractivity contribution in [1.29, 1.82) is 0 Å². The van der Waals surface area contributed by atoms with Gasteiger partial charge in [-0.15, -0.1) is 0 Å². The van der Waals surface area contributed by atoms with E-state index in [0.29, 0.717) is 6.54 Å². The second kappa shape index (κ2) is 3.13. The Balaban J connectivity index is 3.64. The summed E-state index contributed by atoms with van der Waals surface area (Å²) in [6.07, 6.45) is 0. The molecule has 0 aliphatic carbocycles. The van der Waals surface area contributed by atoms with E-state index in [0.717, 1.165) is 0 Å². The second-order valence-corrected chi connectivity index (χ2v) is 1.61. The zero-order valence-corrected chi connectivity index (χ0v) is 4.90. The van der Waals surface area contributed by atoms with E-state index in [9.17, 15) is 14.9 Å². The molecule has 5 nitrogen and oxygen atoms in total. The van der Waals surface area contributed by atoms with Gasteiger partial charge < -0.3 is 5.73 Å². The molecule has 0 saturated carbocycles. The first kappa shape index (κ1) is 8.03. The average molecular weight is 131 g/mol. The van der Waals surface area contributed by atoms with Crippen molar-refractivity contribution in [3.05, 3.63) is 16.7 Å². The van der Waals surface area contributed by atoms with Gasteiger partial charge in [-0.2, -0.15) is 0 Å². The average Bonchev–Trinajstić information content (AvgIpc) is 1.63. The summed E-state index contributed by atoms with van der Waals surface area (Å²) in [5.74, 6) is -0.667. The smallest absolute Gasteiger partial charge is 0.321 e. The topological polar surface area (TPSA) is 86.2 Å². The number of hydrogen-bond donors (Lipinski definition) is 1. The van der Waals surface area contributed by atoms with Crippen LogP contribution in [-0.4, -0.2) is 16.7 Å². The van der Waals surface area contributed by atoms with Crippen LogP contribution in [0.4, 0.5) is 0 Å². The first-order chi connectivity index (χ1) is 4.04. The van der Waals surface area contributed by atoms with Gasteiger partial charge in [0.1, 0.15) is 0 Å². The molecule has 0 saturated heterocycles. The molecule has 0 rings (SSSR count). The number of carbonyl (C=O) groups excluding carboxylic acids is 1. The van der Waals surface area contributed by atoms with Crippen molar-refractivity contribution >= 4 is 5.78 Å². The van der Waals surface area contributed by atoms with Crippen molar-refractivity contribution in [2.24, 2.45) is 5.73 Å². The van der Waals surface area contributed by atoms with E-state index in [4.69, 9.17) is 5.73 Å². The van der Waals surface area contributed by atoms with Gasteiger partial charge in [0.25, 0.3) is 0 Å². The zero-order chi connectivity index (χ0) is 7.44. The van der Waals surface area contributed by atoms with Crippen LogP contribution >= 0.6 is 0 Å². The molecule has 0 amide bonds. The van der Waals surface area contributed by atoms with Crippen LogP contribution in [0.2, 0.25) is 0 Å². The molecule has 1 radical (unpaired) electrons. The Kier molecular flexibility index (Phi) is 2.80. The van der Waals surface area contributed by atoms with Crippen molar-refractivity contribution in [2.75, 3.05) is 0 Å². The number of nitrogens with two attached hydrogens (primary N) is 1. The van der Waals surface area contributed by atoms with Crippen LogP contribution in [0.3, 0.4) is 0 Å². The van der Waals surface area contributed by atoms with E-state index in [1.165, 1.54) is 6.92 Å². The largest absolute Gasteiger partial charge is 0.344 e. The van der Waals surface area contributed by atoms with E-state index in [1.54, 1.807) is 0 Å². The van der Waals surface area contributed by atoms with Crippen molar-refractivity contribution in [2.45, 2.75) is 13.0 Å². The van der Waals surface area contributed by atoms with E-state index >= 15 is 0 Å². The Labute approximate surface area is 52.0 Å². The summed E-state index contributed by atoms with van der Waals surface area (Å²) in [6.45, 7) is 1.76. The quantitative estimate of drug-likeness (QED) is 0.407. The monoisotopic (exact) mass is 131 g/mol. The fraction of sp³-hybridized carbons (Fsp3) is 0.500. The summed E-state index contributed by atoms with van der Waals surface area (Å²) in [6, 6.07) is -0.782. The SMILES string of the molecule is C[C@H](N)C(=O)[CH][N+](=O)[O-]. The maximum absolute atomic E-state index is 10.3. The number of nitrogens with zero attached hydrogens (tertiary/aromatic N) is 1. The Morgan fingerprint density at radius 3 is 2.44 bits per heavy atom. The highest BCUT2D eigenvalue weighted by atomic mass is 16.6. The molecule has 5 heteroatoms. The first-order valence-electron chi connectivity index (χ1n) is 2.32. The molecule has 0 aromatic heterocycles. The standard InChI is InChI=1S/C4H7N2O3/c1-3(5)4(7)2-6(8)9/h2-3H,5H2,1H3/t3-/m0/s1. The molecule has 0 fully saturated rings. The van der Waals surface area contributed by atoms with Crippen molar-refractivity contribution in [3.63, 3.8) is 0 Å². The number of Topliss-reactive ketones (excluding diaryl/α,β-unsaturated/α-hetero) is 1. The number of hydrogen-bond acceptors (Lipinski definition) is 4. The summed E-state index contributed by atoms with van der Waals surface area (Å²) in [5, 5.41) is 9.59. The molecular weight excluding hydrogens is 124 g/mol. The third kappa shape index (κ3) is 3.60. The van der Waals surface area contributed by atoms with E-state index in [-0.39, 0.29) is 0 Å². The molecule has 0 heterocycles. The van der Waals surface area contributed by atoms with Crippen LogP contribution in [0, 0.1) is 16.7 Å². The van der Waals surface area contributed by atoms with E-state index in [2.05, 4.69) is 0 Å². The Morgan fingerprint density at radius 1 is 1.89 bits per heavy atom. The van der Waals surface area contributed by atoms with Crippen LogP contribution in [0.15, 0.2) is 0 Å². The van der Waals surface area contributed by atoms with Gasteiger partial charge in [-0.1, -0.05) is 0 Å². The molecular formula is C4H7N2O3. The van der Waals surface area contributed by atoms with Gasteiger partial charge in [0.15, 0.2) is 0 Å². The van der Waals surface area contributed by atoms with Crippen LogP contribution in [0.1, 0.15) is 6.92 Å². The zero-order valence-electron chi connectivity index (χ0n) is 4.90. The van der Waals surface area contributed by atoms with Crippen molar-refractivity contribution < 1.29 is 9.72 Å². The van der Waals surface area contributed by atoms with Gasteiger partial charge in [0, 0.05) is 4.92 Å². The maximum atomic E-state index is 10.3. The minimum absolute atomic E-state index is 0.366. The number of carbonyl (C=O) groups is 1. The Morgan fingerprint density at radius 2 is 2.33 bits per heavy atom. The molecule has 0 aliphatic rings. The molecule has 0 bridgehead atoms. The highest BCUT2D eigenvalue weighted by molar-refractivity contribution is 5.89. The van der Waals surface area contributed by atoms with Crippen LogP contribution in [0.5, 0.6) is 0 Å². The van der Waals surface area contributed by atoms with Gasteiger partial charge in [-0.3, -0.25) is 14.9 Å². The summed E-state index contributed by atoms with van der Waals surface area (Å²) >= 11 is 0. The van der Waals surface area contributed by atoms with Crippen LogP contribution in [0.25, 0.3) is 0 Å². The van der Waals surface area contributed by atoms with Crippen LogP contribution < -0.4 is 5.73 Å². The van der Waals surface area contributed by atoms with Crippen molar-refractivity contribution in [1.82, 2.24) is 0 Å². The highest BCUT2D eigenvalue weighted by Crippen LogP contribution is 1.85. The van der Waals surface area contributed by atoms with Gasteiger partial charge in [-0.05, 0) is 6.92 Å². The highest BCUT2D eigenvalue weighted by Gasteiger charge is 2.15. The lowest BCUT2D eigenvalue weighted by Crippen LogP contribution is -2.28. The number of rotatable bonds is 3. The third-order valence-corrected chi connectivity index (χ3v) is 0.681. The minimum atomic E-state index is -0.814. The maximum Gasteiger partial charge on any atom is 0.344 e. The summed E-state index contributed by atoms with van der Waals surface area (Å²) in [5.41, 5.74) is 5.00.